The number of nitrogens with zero attached hydrogens (tertiary/aromatic N) is 1. The summed E-state index contributed by atoms with van der Waals surface area (Å²) in [6.45, 7) is 8.43. The highest BCUT2D eigenvalue weighted by atomic mass is 19.4. The predicted molar refractivity (Wildman–Crippen MR) is 118 cm³/mol. The van der Waals surface area contributed by atoms with Crippen molar-refractivity contribution < 1.29 is 31.9 Å². The first-order valence-electron chi connectivity index (χ1n) is 11.7. The van der Waals surface area contributed by atoms with Crippen LogP contribution in [0.2, 0.25) is 0 Å². The van der Waals surface area contributed by atoms with Crippen molar-refractivity contribution in [3.05, 3.63) is 35.4 Å². The maximum atomic E-state index is 15.0. The lowest BCUT2D eigenvalue weighted by Crippen LogP contribution is -2.53. The Kier molecular flexibility index (Phi) is 9.31. The number of piperidine rings is 1. The third-order valence-corrected chi connectivity index (χ3v) is 6.58. The minimum Gasteiger partial charge on any atom is -0.481 e. The summed E-state index contributed by atoms with van der Waals surface area (Å²) in [6, 6.07) is 3.26. The van der Waals surface area contributed by atoms with Crippen LogP contribution in [0.15, 0.2) is 24.3 Å². The average molecular weight is 478 g/mol. The fourth-order valence-electron chi connectivity index (χ4n) is 4.74. The molecule has 33 heavy (non-hydrogen) atoms. The Morgan fingerprint density at radius 1 is 1.03 bits per heavy atom. The van der Waals surface area contributed by atoms with E-state index in [4.69, 9.17) is 0 Å². The van der Waals surface area contributed by atoms with Gasteiger partial charge in [-0.15, -0.1) is 0 Å². The molecule has 0 amide bonds. The Balaban J connectivity index is 2.51. The summed E-state index contributed by atoms with van der Waals surface area (Å²) in [5.41, 5.74) is -0.543. The molecule has 1 fully saturated rings. The smallest absolute Gasteiger partial charge is 0.416 e. The number of carboxylic acid groups (broad SMARTS) is 1. The molecule has 1 saturated heterocycles. The van der Waals surface area contributed by atoms with Gasteiger partial charge in [-0.2, -0.15) is 13.2 Å². The van der Waals surface area contributed by atoms with Gasteiger partial charge in [0, 0.05) is 25.0 Å². The van der Waals surface area contributed by atoms with Gasteiger partial charge in [-0.1, -0.05) is 39.8 Å². The second kappa shape index (κ2) is 11.2. The number of halogens is 5. The maximum Gasteiger partial charge on any atom is 0.416 e. The van der Waals surface area contributed by atoms with Gasteiger partial charge in [0.05, 0.1) is 17.9 Å². The van der Waals surface area contributed by atoms with Crippen LogP contribution in [-0.2, 0) is 11.0 Å². The molecule has 8 heteroatoms. The fraction of sp³-hybridized carbons (Fsp3) is 0.720. The Morgan fingerprint density at radius 3 is 1.97 bits per heavy atom. The SMILES string of the molecule is CC(C)CCC(CCC(C)C)N1CCC(F)(F)[C@H](CC(=O)O)[C@H]1c1ccc(C(F)(F)F)cc1. The first-order chi connectivity index (χ1) is 15.2. The molecule has 0 aliphatic carbocycles. The molecule has 1 aliphatic heterocycles. The van der Waals surface area contributed by atoms with Crippen LogP contribution in [0, 0.1) is 17.8 Å². The van der Waals surface area contributed by atoms with E-state index < -0.39 is 48.4 Å². The van der Waals surface area contributed by atoms with Crippen molar-refractivity contribution in [3.63, 3.8) is 0 Å². The number of likely N-dealkylation sites (tertiary alicyclic amines) is 1. The summed E-state index contributed by atoms with van der Waals surface area (Å²) >= 11 is 0. The lowest BCUT2D eigenvalue weighted by atomic mass is 9.78. The lowest BCUT2D eigenvalue weighted by Gasteiger charge is -2.49. The fourth-order valence-corrected chi connectivity index (χ4v) is 4.74. The van der Waals surface area contributed by atoms with E-state index in [2.05, 4.69) is 27.7 Å². The molecule has 0 unspecified atom stereocenters. The molecule has 2 atom stereocenters. The van der Waals surface area contributed by atoms with Crippen molar-refractivity contribution in [1.29, 1.82) is 0 Å². The highest BCUT2D eigenvalue weighted by Gasteiger charge is 2.52. The van der Waals surface area contributed by atoms with Crippen molar-refractivity contribution in [2.45, 2.75) is 90.4 Å². The molecular formula is C25H36F5NO2. The van der Waals surface area contributed by atoms with Crippen LogP contribution in [0.1, 0.15) is 83.4 Å². The van der Waals surface area contributed by atoms with Crippen molar-refractivity contribution in [3.8, 4) is 0 Å². The summed E-state index contributed by atoms with van der Waals surface area (Å²) in [6.07, 6.45) is -2.41. The van der Waals surface area contributed by atoms with E-state index in [0.717, 1.165) is 37.8 Å². The topological polar surface area (TPSA) is 40.5 Å². The van der Waals surface area contributed by atoms with Gasteiger partial charge in [0.25, 0.3) is 5.92 Å². The van der Waals surface area contributed by atoms with Crippen molar-refractivity contribution in [2.75, 3.05) is 6.54 Å². The number of hydrogen-bond acceptors (Lipinski definition) is 2. The number of hydrogen-bond donors (Lipinski definition) is 1. The first-order valence-corrected chi connectivity index (χ1v) is 11.7. The second-order valence-corrected chi connectivity index (χ2v) is 10.1. The highest BCUT2D eigenvalue weighted by Crippen LogP contribution is 2.48. The van der Waals surface area contributed by atoms with E-state index >= 15 is 8.78 Å². The number of benzene rings is 1. The van der Waals surface area contributed by atoms with Gasteiger partial charge in [-0.3, -0.25) is 9.69 Å². The molecule has 1 heterocycles. The van der Waals surface area contributed by atoms with Crippen LogP contribution in [0.3, 0.4) is 0 Å². The average Bonchev–Trinajstić information content (AvgIpc) is 2.68. The number of carboxylic acids is 1. The van der Waals surface area contributed by atoms with E-state index in [0.29, 0.717) is 17.4 Å². The van der Waals surface area contributed by atoms with E-state index in [1.807, 2.05) is 4.90 Å². The molecule has 188 valence electrons. The molecule has 0 spiro atoms. The molecule has 1 aromatic rings. The van der Waals surface area contributed by atoms with Crippen LogP contribution < -0.4 is 0 Å². The lowest BCUT2D eigenvalue weighted by molar-refractivity contribution is -0.163. The summed E-state index contributed by atoms with van der Waals surface area (Å²) in [5.74, 6) is -5.24. The molecular weight excluding hydrogens is 441 g/mol. The van der Waals surface area contributed by atoms with Crippen molar-refractivity contribution >= 4 is 5.97 Å². The predicted octanol–water partition coefficient (Wildman–Crippen LogP) is 7.42. The zero-order chi connectivity index (χ0) is 25.0. The van der Waals surface area contributed by atoms with Crippen LogP contribution in [-0.4, -0.2) is 34.5 Å². The van der Waals surface area contributed by atoms with Crippen molar-refractivity contribution in [2.24, 2.45) is 17.8 Å². The normalized spacial score (nSPS) is 21.8. The second-order valence-electron chi connectivity index (χ2n) is 10.1. The minimum absolute atomic E-state index is 0.0468. The minimum atomic E-state index is -4.54. The van der Waals surface area contributed by atoms with Crippen LogP contribution in [0.25, 0.3) is 0 Å². The van der Waals surface area contributed by atoms with Gasteiger partial charge < -0.3 is 5.11 Å². The standard InChI is InChI=1S/C25H36F5NO2/c1-16(2)5-11-20(12-6-17(3)4)31-14-13-24(26,27)21(15-22(32)33)23(31)18-7-9-19(10-8-18)25(28,29)30/h7-10,16-17,20-21,23H,5-6,11-15H2,1-4H3,(H,32,33)/t21-,23-/m1/s1. The molecule has 1 N–H and O–H groups in total. The molecule has 2 rings (SSSR count). The van der Waals surface area contributed by atoms with E-state index in [-0.39, 0.29) is 12.6 Å². The molecule has 0 bridgehead atoms. The number of alkyl halides is 5. The van der Waals surface area contributed by atoms with Gasteiger partial charge in [-0.05, 0) is 55.2 Å². The Labute approximate surface area is 193 Å². The number of rotatable bonds is 10. The third-order valence-electron chi connectivity index (χ3n) is 6.58. The van der Waals surface area contributed by atoms with Crippen LogP contribution >= 0.6 is 0 Å². The van der Waals surface area contributed by atoms with Gasteiger partial charge in [0.2, 0.25) is 0 Å². The summed E-state index contributed by atoms with van der Waals surface area (Å²) in [4.78, 5) is 13.5. The van der Waals surface area contributed by atoms with Gasteiger partial charge in [0.1, 0.15) is 0 Å². The maximum absolute atomic E-state index is 15.0. The summed E-state index contributed by atoms with van der Waals surface area (Å²) < 4.78 is 69.3. The van der Waals surface area contributed by atoms with Gasteiger partial charge in [0.15, 0.2) is 0 Å². The number of carbonyl (C=O) groups is 1. The highest BCUT2D eigenvalue weighted by molar-refractivity contribution is 5.67. The molecule has 0 radical (unpaired) electrons. The molecule has 0 saturated carbocycles. The molecule has 1 aliphatic rings. The van der Waals surface area contributed by atoms with Gasteiger partial charge in [-0.25, -0.2) is 8.78 Å². The van der Waals surface area contributed by atoms with Crippen LogP contribution in [0.4, 0.5) is 22.0 Å². The Morgan fingerprint density at radius 2 is 1.55 bits per heavy atom. The zero-order valence-electron chi connectivity index (χ0n) is 19.8. The molecule has 3 nitrogen and oxygen atoms in total. The quantitative estimate of drug-likeness (QED) is 0.357. The summed E-state index contributed by atoms with van der Waals surface area (Å²) in [5, 5.41) is 9.39. The van der Waals surface area contributed by atoms with Crippen LogP contribution in [0.5, 0.6) is 0 Å². The molecule has 1 aromatic carbocycles. The van der Waals surface area contributed by atoms with Crippen molar-refractivity contribution in [1.82, 2.24) is 4.90 Å². The van der Waals surface area contributed by atoms with E-state index in [1.165, 1.54) is 12.1 Å². The first kappa shape index (κ1) is 27.5. The summed E-state index contributed by atoms with van der Waals surface area (Å²) in [7, 11) is 0. The van der Waals surface area contributed by atoms with Gasteiger partial charge >= 0.3 is 12.1 Å². The Hall–Kier alpha value is -1.70. The monoisotopic (exact) mass is 477 g/mol. The molecule has 0 aromatic heterocycles. The van der Waals surface area contributed by atoms with E-state index in [9.17, 15) is 23.1 Å². The van der Waals surface area contributed by atoms with E-state index in [1.54, 1.807) is 0 Å². The number of aliphatic carboxylic acids is 1. The Bertz CT molecular complexity index is 749. The largest absolute Gasteiger partial charge is 0.481 e. The zero-order valence-corrected chi connectivity index (χ0v) is 19.8. The third kappa shape index (κ3) is 7.66.